The smallest absolute Gasteiger partial charge is 0.169 e. The summed E-state index contributed by atoms with van der Waals surface area (Å²) in [5.74, 6) is 3.53. The molecule has 0 aliphatic rings. The Balaban J connectivity index is 2.49. The second-order valence-electron chi connectivity index (χ2n) is 3.70. The van der Waals surface area contributed by atoms with Crippen molar-refractivity contribution in [1.82, 2.24) is 0 Å². The maximum atomic E-state index is 5.57. The van der Waals surface area contributed by atoms with E-state index in [1.54, 1.807) is 0 Å². The third-order valence-electron chi connectivity index (χ3n) is 2.57. The van der Waals surface area contributed by atoms with Crippen LogP contribution in [0, 0.1) is 27.7 Å². The second-order valence-corrected chi connectivity index (χ2v) is 3.70. The molecule has 14 heavy (non-hydrogen) atoms. The van der Waals surface area contributed by atoms with Gasteiger partial charge in [-0.05, 0) is 51.0 Å². The van der Waals surface area contributed by atoms with Gasteiger partial charge in [0, 0.05) is 0 Å². The van der Waals surface area contributed by atoms with E-state index in [1.807, 2.05) is 39.8 Å². The molecule has 0 unspecified atom stereocenters. The van der Waals surface area contributed by atoms with Gasteiger partial charge in [-0.2, -0.15) is 0 Å². The van der Waals surface area contributed by atoms with Gasteiger partial charge in [-0.25, -0.2) is 0 Å². The molecular weight excluding hydrogens is 176 g/mol. The van der Waals surface area contributed by atoms with Crippen molar-refractivity contribution in [3.05, 3.63) is 34.8 Å². The van der Waals surface area contributed by atoms with Crippen LogP contribution in [0.25, 0.3) is 11.5 Å². The van der Waals surface area contributed by atoms with E-state index in [1.165, 1.54) is 0 Å². The molecule has 0 radical (unpaired) electrons. The predicted molar refractivity (Wildman–Crippen MR) is 55.4 cm³/mol. The molecule has 0 saturated heterocycles. The lowest BCUT2D eigenvalue weighted by atomic mass is 10.2. The lowest BCUT2D eigenvalue weighted by molar-refractivity contribution is 0.493. The molecule has 2 heterocycles. The van der Waals surface area contributed by atoms with Crippen LogP contribution in [0.2, 0.25) is 0 Å². The molecule has 0 aromatic carbocycles. The van der Waals surface area contributed by atoms with E-state index in [2.05, 4.69) is 0 Å². The molecule has 2 aromatic rings. The summed E-state index contributed by atoms with van der Waals surface area (Å²) in [4.78, 5) is 0. The molecule has 2 rings (SSSR count). The molecule has 0 aliphatic heterocycles. The molecule has 0 amide bonds. The molecule has 2 aromatic heterocycles. The summed E-state index contributed by atoms with van der Waals surface area (Å²) in [6.07, 6.45) is 0. The lowest BCUT2D eigenvalue weighted by Crippen LogP contribution is -1.64. The highest BCUT2D eigenvalue weighted by Gasteiger charge is 2.11. The molecule has 0 fully saturated rings. The average molecular weight is 190 g/mol. The van der Waals surface area contributed by atoms with Crippen LogP contribution < -0.4 is 0 Å². The summed E-state index contributed by atoms with van der Waals surface area (Å²) in [6, 6.07) is 4.01. The van der Waals surface area contributed by atoms with Crippen LogP contribution in [0.15, 0.2) is 21.0 Å². The third-order valence-corrected chi connectivity index (χ3v) is 2.57. The highest BCUT2D eigenvalue weighted by molar-refractivity contribution is 5.54. The Morgan fingerprint density at radius 2 is 1.07 bits per heavy atom. The fourth-order valence-corrected chi connectivity index (χ4v) is 1.39. The summed E-state index contributed by atoms with van der Waals surface area (Å²) >= 11 is 0. The fraction of sp³-hybridized carbons (Fsp3) is 0.333. The molecule has 0 bridgehead atoms. The van der Waals surface area contributed by atoms with Crippen LogP contribution in [0.1, 0.15) is 22.6 Å². The molecule has 0 aliphatic carbocycles. The maximum absolute atomic E-state index is 5.57. The Morgan fingerprint density at radius 3 is 1.29 bits per heavy atom. The van der Waals surface area contributed by atoms with Gasteiger partial charge in [0.1, 0.15) is 11.5 Å². The zero-order valence-electron chi connectivity index (χ0n) is 8.97. The zero-order valence-corrected chi connectivity index (χ0v) is 8.97. The molecule has 74 valence electrons. The van der Waals surface area contributed by atoms with E-state index in [4.69, 9.17) is 8.83 Å². The Bertz CT molecular complexity index is 377. The summed E-state index contributed by atoms with van der Waals surface area (Å²) in [6.45, 7) is 7.99. The van der Waals surface area contributed by atoms with Gasteiger partial charge in [0.15, 0.2) is 11.5 Å². The maximum Gasteiger partial charge on any atom is 0.169 e. The molecule has 0 saturated carbocycles. The Labute approximate surface area is 83.5 Å². The number of hydrogen-bond acceptors (Lipinski definition) is 2. The first kappa shape index (κ1) is 9.13. The standard InChI is InChI=1S/C12H14O2/c1-7-5-11(13-9(7)3)12-6-8(2)10(4)14-12/h5-6H,1-4H3. The van der Waals surface area contributed by atoms with E-state index in [-0.39, 0.29) is 0 Å². The highest BCUT2D eigenvalue weighted by atomic mass is 16.4. The van der Waals surface area contributed by atoms with Crippen molar-refractivity contribution in [3.8, 4) is 11.5 Å². The van der Waals surface area contributed by atoms with Gasteiger partial charge in [-0.15, -0.1) is 0 Å². The SMILES string of the molecule is Cc1cc(-c2cc(C)c(C)o2)oc1C. The van der Waals surface area contributed by atoms with E-state index in [0.717, 1.165) is 34.2 Å². The van der Waals surface area contributed by atoms with E-state index in [9.17, 15) is 0 Å². The van der Waals surface area contributed by atoms with Crippen LogP contribution >= 0.6 is 0 Å². The average Bonchev–Trinajstić information content (AvgIpc) is 2.60. The molecule has 0 N–H and O–H groups in total. The van der Waals surface area contributed by atoms with Gasteiger partial charge in [0.2, 0.25) is 0 Å². The van der Waals surface area contributed by atoms with Crippen molar-refractivity contribution < 1.29 is 8.83 Å². The largest absolute Gasteiger partial charge is 0.458 e. The van der Waals surface area contributed by atoms with E-state index in [0.29, 0.717) is 0 Å². The first-order valence-electron chi connectivity index (χ1n) is 4.72. The van der Waals surface area contributed by atoms with Crippen LogP contribution in [-0.4, -0.2) is 0 Å². The first-order valence-corrected chi connectivity index (χ1v) is 4.72. The van der Waals surface area contributed by atoms with Crippen LogP contribution in [0.3, 0.4) is 0 Å². The van der Waals surface area contributed by atoms with Crippen molar-refractivity contribution in [2.24, 2.45) is 0 Å². The molecule has 0 spiro atoms. The topological polar surface area (TPSA) is 26.3 Å². The molecule has 0 atom stereocenters. The summed E-state index contributed by atoms with van der Waals surface area (Å²) < 4.78 is 11.1. The number of rotatable bonds is 1. The van der Waals surface area contributed by atoms with Gasteiger partial charge in [-0.3, -0.25) is 0 Å². The van der Waals surface area contributed by atoms with Crippen molar-refractivity contribution >= 4 is 0 Å². The fourth-order valence-electron chi connectivity index (χ4n) is 1.39. The Kier molecular flexibility index (Phi) is 1.99. The van der Waals surface area contributed by atoms with Crippen LogP contribution in [0.5, 0.6) is 0 Å². The monoisotopic (exact) mass is 190 g/mol. The predicted octanol–water partition coefficient (Wildman–Crippen LogP) is 3.77. The Morgan fingerprint density at radius 1 is 0.714 bits per heavy atom. The number of furan rings is 2. The highest BCUT2D eigenvalue weighted by Crippen LogP contribution is 2.28. The quantitative estimate of drug-likeness (QED) is 0.684. The van der Waals surface area contributed by atoms with Gasteiger partial charge in [0.25, 0.3) is 0 Å². The summed E-state index contributed by atoms with van der Waals surface area (Å²) in [5, 5.41) is 0. The molecule has 2 nitrogen and oxygen atoms in total. The van der Waals surface area contributed by atoms with Gasteiger partial charge in [0.05, 0.1) is 0 Å². The molecular formula is C12H14O2. The van der Waals surface area contributed by atoms with Crippen LogP contribution in [0.4, 0.5) is 0 Å². The summed E-state index contributed by atoms with van der Waals surface area (Å²) in [7, 11) is 0. The summed E-state index contributed by atoms with van der Waals surface area (Å²) in [5.41, 5.74) is 2.32. The second kappa shape index (κ2) is 3.05. The minimum absolute atomic E-state index is 0.816. The minimum Gasteiger partial charge on any atom is -0.458 e. The van der Waals surface area contributed by atoms with Gasteiger partial charge in [-0.1, -0.05) is 0 Å². The van der Waals surface area contributed by atoms with Crippen molar-refractivity contribution in [2.45, 2.75) is 27.7 Å². The van der Waals surface area contributed by atoms with Gasteiger partial charge >= 0.3 is 0 Å². The zero-order chi connectivity index (χ0) is 10.3. The van der Waals surface area contributed by atoms with Crippen molar-refractivity contribution in [2.75, 3.05) is 0 Å². The van der Waals surface area contributed by atoms with Crippen molar-refractivity contribution in [1.29, 1.82) is 0 Å². The number of aryl methyl sites for hydroxylation is 4. The molecule has 2 heteroatoms. The number of hydrogen-bond donors (Lipinski definition) is 0. The van der Waals surface area contributed by atoms with Crippen LogP contribution in [-0.2, 0) is 0 Å². The third kappa shape index (κ3) is 1.37. The minimum atomic E-state index is 0.816. The normalized spacial score (nSPS) is 10.9. The van der Waals surface area contributed by atoms with Crippen molar-refractivity contribution in [3.63, 3.8) is 0 Å². The first-order chi connectivity index (χ1) is 6.58. The van der Waals surface area contributed by atoms with E-state index < -0.39 is 0 Å². The lowest BCUT2D eigenvalue weighted by Gasteiger charge is -1.88. The van der Waals surface area contributed by atoms with E-state index >= 15 is 0 Å². The van der Waals surface area contributed by atoms with Gasteiger partial charge < -0.3 is 8.83 Å². The Hall–Kier alpha value is -1.44.